The first kappa shape index (κ1) is 12.5. The van der Waals surface area contributed by atoms with Crippen LogP contribution in [0.5, 0.6) is 0 Å². The average Bonchev–Trinajstić information content (AvgIpc) is 2.16. The largest absolute Gasteiger partial charge is 0.481 e. The second-order valence-electron chi connectivity index (χ2n) is 3.22. The van der Waals surface area contributed by atoms with E-state index in [1.54, 1.807) is 6.92 Å². The highest BCUT2D eigenvalue weighted by Gasteiger charge is 2.11. The van der Waals surface area contributed by atoms with Crippen molar-refractivity contribution in [2.24, 2.45) is 5.92 Å². The monoisotopic (exact) mass is 335 g/mol. The number of halogens is 2. The molecular formula is C10H11Br2NO2. The molecule has 3 nitrogen and oxygen atoms in total. The maximum Gasteiger partial charge on any atom is 0.308 e. The molecule has 0 amide bonds. The zero-order valence-electron chi connectivity index (χ0n) is 8.13. The summed E-state index contributed by atoms with van der Waals surface area (Å²) in [6, 6.07) is 5.71. The number of hydrogen-bond donors (Lipinski definition) is 2. The van der Waals surface area contributed by atoms with Crippen LogP contribution in [0.1, 0.15) is 6.92 Å². The zero-order valence-corrected chi connectivity index (χ0v) is 11.3. The number of para-hydroxylation sites is 1. The molecule has 1 unspecified atom stereocenters. The Balaban J connectivity index is 2.69. The summed E-state index contributed by atoms with van der Waals surface area (Å²) in [6.07, 6.45) is 0. The molecule has 0 heterocycles. The number of carboxylic acids is 1. The molecule has 2 N–H and O–H groups in total. The Morgan fingerprint density at radius 1 is 1.47 bits per heavy atom. The van der Waals surface area contributed by atoms with Crippen molar-refractivity contribution in [3.63, 3.8) is 0 Å². The molecular weight excluding hydrogens is 326 g/mol. The molecule has 0 spiro atoms. The number of carbonyl (C=O) groups is 1. The Hall–Kier alpha value is -0.550. The summed E-state index contributed by atoms with van der Waals surface area (Å²) in [5.41, 5.74) is 0.880. The Kier molecular flexibility index (Phi) is 4.60. The van der Waals surface area contributed by atoms with Crippen molar-refractivity contribution in [2.75, 3.05) is 11.9 Å². The minimum absolute atomic E-state index is 0.399. The van der Waals surface area contributed by atoms with Crippen molar-refractivity contribution in [3.05, 3.63) is 27.1 Å². The summed E-state index contributed by atoms with van der Waals surface area (Å²) in [6.45, 7) is 2.07. The van der Waals surface area contributed by atoms with E-state index in [-0.39, 0.29) is 0 Å². The van der Waals surface area contributed by atoms with Crippen LogP contribution in [0.15, 0.2) is 27.1 Å². The topological polar surface area (TPSA) is 49.3 Å². The molecule has 1 rings (SSSR count). The van der Waals surface area contributed by atoms with Gasteiger partial charge in [0.1, 0.15) is 0 Å². The highest BCUT2D eigenvalue weighted by molar-refractivity contribution is 9.11. The van der Waals surface area contributed by atoms with Crippen molar-refractivity contribution >= 4 is 43.5 Å². The molecule has 0 aliphatic heterocycles. The predicted octanol–water partition coefficient (Wildman–Crippen LogP) is 3.34. The molecule has 0 fully saturated rings. The summed E-state index contributed by atoms with van der Waals surface area (Å²) >= 11 is 6.79. The standard InChI is InChI=1S/C10H11Br2NO2/c1-6(10(14)15)5-13-9-7(11)3-2-4-8(9)12/h2-4,6,13H,5H2,1H3,(H,14,15). The average molecular weight is 337 g/mol. The van der Waals surface area contributed by atoms with Crippen LogP contribution in [0, 0.1) is 5.92 Å². The number of aliphatic carboxylic acids is 1. The molecule has 0 aromatic heterocycles. The summed E-state index contributed by atoms with van der Waals surface area (Å²) in [7, 11) is 0. The first-order chi connectivity index (χ1) is 7.02. The fraction of sp³-hybridized carbons (Fsp3) is 0.300. The van der Waals surface area contributed by atoms with Gasteiger partial charge in [-0.1, -0.05) is 13.0 Å². The van der Waals surface area contributed by atoms with E-state index >= 15 is 0 Å². The fourth-order valence-electron chi connectivity index (χ4n) is 1.01. The van der Waals surface area contributed by atoms with Crippen LogP contribution < -0.4 is 5.32 Å². The quantitative estimate of drug-likeness (QED) is 0.886. The second-order valence-corrected chi connectivity index (χ2v) is 4.93. The molecule has 0 saturated heterocycles. The SMILES string of the molecule is CC(CNc1c(Br)cccc1Br)C(=O)O. The van der Waals surface area contributed by atoms with Crippen LogP contribution in [0.4, 0.5) is 5.69 Å². The van der Waals surface area contributed by atoms with Crippen LogP contribution in [0.3, 0.4) is 0 Å². The Bertz CT molecular complexity index is 348. The molecule has 0 aliphatic rings. The van der Waals surface area contributed by atoms with E-state index in [1.165, 1.54) is 0 Å². The lowest BCUT2D eigenvalue weighted by atomic mass is 10.2. The Morgan fingerprint density at radius 3 is 2.47 bits per heavy atom. The van der Waals surface area contributed by atoms with Gasteiger partial charge in [0.05, 0.1) is 11.6 Å². The van der Waals surface area contributed by atoms with E-state index in [9.17, 15) is 4.79 Å². The van der Waals surface area contributed by atoms with Crippen LogP contribution >= 0.6 is 31.9 Å². The third-order valence-corrected chi connectivity index (χ3v) is 3.29. The van der Waals surface area contributed by atoms with Gasteiger partial charge >= 0.3 is 5.97 Å². The molecule has 0 bridgehead atoms. The van der Waals surface area contributed by atoms with Crippen LogP contribution in [-0.2, 0) is 4.79 Å². The normalized spacial score (nSPS) is 12.2. The van der Waals surface area contributed by atoms with Crippen molar-refractivity contribution < 1.29 is 9.90 Å². The van der Waals surface area contributed by atoms with E-state index in [2.05, 4.69) is 37.2 Å². The Labute approximate surface area is 105 Å². The van der Waals surface area contributed by atoms with E-state index < -0.39 is 11.9 Å². The molecule has 0 saturated carbocycles. The van der Waals surface area contributed by atoms with Gasteiger partial charge in [0.25, 0.3) is 0 Å². The third kappa shape index (κ3) is 3.50. The summed E-state index contributed by atoms with van der Waals surface area (Å²) < 4.78 is 1.82. The number of hydrogen-bond acceptors (Lipinski definition) is 2. The number of anilines is 1. The summed E-state index contributed by atoms with van der Waals surface area (Å²) in [4.78, 5) is 10.6. The molecule has 1 atom stereocenters. The second kappa shape index (κ2) is 5.51. The van der Waals surface area contributed by atoms with Gasteiger partial charge in [-0.15, -0.1) is 0 Å². The van der Waals surface area contributed by atoms with Crippen LogP contribution in [0.25, 0.3) is 0 Å². The Morgan fingerprint density at radius 2 is 2.00 bits per heavy atom. The maximum absolute atomic E-state index is 10.6. The first-order valence-corrected chi connectivity index (χ1v) is 6.01. The number of benzene rings is 1. The van der Waals surface area contributed by atoms with Crippen molar-refractivity contribution in [1.29, 1.82) is 0 Å². The van der Waals surface area contributed by atoms with Gasteiger partial charge in [0.2, 0.25) is 0 Å². The summed E-state index contributed by atoms with van der Waals surface area (Å²) in [5.74, 6) is -1.21. The maximum atomic E-state index is 10.6. The first-order valence-electron chi connectivity index (χ1n) is 4.43. The number of carboxylic acid groups (broad SMARTS) is 1. The van der Waals surface area contributed by atoms with Crippen LogP contribution in [0.2, 0.25) is 0 Å². The van der Waals surface area contributed by atoms with E-state index in [0.717, 1.165) is 14.6 Å². The molecule has 0 radical (unpaired) electrons. The van der Waals surface area contributed by atoms with Gasteiger partial charge in [0, 0.05) is 15.5 Å². The van der Waals surface area contributed by atoms with Gasteiger partial charge in [-0.3, -0.25) is 4.79 Å². The minimum Gasteiger partial charge on any atom is -0.481 e. The smallest absolute Gasteiger partial charge is 0.308 e. The van der Waals surface area contributed by atoms with E-state index in [4.69, 9.17) is 5.11 Å². The van der Waals surface area contributed by atoms with E-state index in [0.29, 0.717) is 6.54 Å². The van der Waals surface area contributed by atoms with Crippen molar-refractivity contribution in [1.82, 2.24) is 0 Å². The van der Waals surface area contributed by atoms with Crippen molar-refractivity contribution in [2.45, 2.75) is 6.92 Å². The van der Waals surface area contributed by atoms with Crippen LogP contribution in [-0.4, -0.2) is 17.6 Å². The number of nitrogens with one attached hydrogen (secondary N) is 1. The lowest BCUT2D eigenvalue weighted by molar-refractivity contribution is -0.140. The molecule has 0 aliphatic carbocycles. The van der Waals surface area contributed by atoms with Gasteiger partial charge < -0.3 is 10.4 Å². The molecule has 1 aromatic carbocycles. The van der Waals surface area contributed by atoms with E-state index in [1.807, 2.05) is 18.2 Å². The van der Waals surface area contributed by atoms with Gasteiger partial charge in [-0.2, -0.15) is 0 Å². The minimum atomic E-state index is -0.800. The lowest BCUT2D eigenvalue weighted by Crippen LogP contribution is -2.19. The summed E-state index contributed by atoms with van der Waals surface area (Å²) in [5, 5.41) is 11.8. The fourth-order valence-corrected chi connectivity index (χ4v) is 2.29. The van der Waals surface area contributed by atoms with Gasteiger partial charge in [-0.25, -0.2) is 0 Å². The third-order valence-electron chi connectivity index (χ3n) is 1.97. The molecule has 1 aromatic rings. The van der Waals surface area contributed by atoms with Crippen molar-refractivity contribution in [3.8, 4) is 0 Å². The lowest BCUT2D eigenvalue weighted by Gasteiger charge is -2.12. The molecule has 15 heavy (non-hydrogen) atoms. The zero-order chi connectivity index (χ0) is 11.4. The van der Waals surface area contributed by atoms with Gasteiger partial charge in [0.15, 0.2) is 0 Å². The highest BCUT2D eigenvalue weighted by Crippen LogP contribution is 2.30. The number of rotatable bonds is 4. The van der Waals surface area contributed by atoms with Gasteiger partial charge in [-0.05, 0) is 44.0 Å². The molecule has 5 heteroatoms. The predicted molar refractivity (Wildman–Crippen MR) is 67.1 cm³/mol. The molecule has 82 valence electrons. The highest BCUT2D eigenvalue weighted by atomic mass is 79.9.